The van der Waals surface area contributed by atoms with Gasteiger partial charge in [0, 0.05) is 19.3 Å². The Morgan fingerprint density at radius 1 is 1.10 bits per heavy atom. The van der Waals surface area contributed by atoms with E-state index in [0.717, 1.165) is 18.4 Å². The lowest BCUT2D eigenvalue weighted by Gasteiger charge is -2.30. The highest BCUT2D eigenvalue weighted by Crippen LogP contribution is 2.42. The minimum absolute atomic E-state index is 0.0951. The fourth-order valence-electron chi connectivity index (χ4n) is 3.19. The number of hydrogen-bond acceptors (Lipinski definition) is 5. The number of ether oxygens (including phenoxy) is 2. The van der Waals surface area contributed by atoms with Gasteiger partial charge >= 0.3 is 8.80 Å². The molecular formula is C14H26O5Si. The van der Waals surface area contributed by atoms with Gasteiger partial charge in [0.05, 0.1) is 12.2 Å². The van der Waals surface area contributed by atoms with Crippen LogP contribution in [0.5, 0.6) is 0 Å². The molecule has 0 spiro atoms. The van der Waals surface area contributed by atoms with Crippen molar-refractivity contribution in [3.8, 4) is 0 Å². The van der Waals surface area contributed by atoms with Crippen LogP contribution in [0.1, 0.15) is 39.5 Å². The highest BCUT2D eigenvalue weighted by atomic mass is 28.4. The van der Waals surface area contributed by atoms with Crippen molar-refractivity contribution in [2.24, 2.45) is 5.92 Å². The predicted molar refractivity (Wildman–Crippen MR) is 75.3 cm³/mol. The summed E-state index contributed by atoms with van der Waals surface area (Å²) in [7, 11) is -2.55. The van der Waals surface area contributed by atoms with E-state index in [1.165, 1.54) is 19.3 Å². The molecule has 2 aliphatic heterocycles. The van der Waals surface area contributed by atoms with Crippen molar-refractivity contribution < 1.29 is 22.8 Å². The summed E-state index contributed by atoms with van der Waals surface area (Å²) in [6, 6.07) is 0.899. The Morgan fingerprint density at radius 2 is 1.85 bits per heavy atom. The SMILES string of the molecule is CCO[Si](CCC1CCC2OC2C1)(OCC)OC1CO1. The van der Waals surface area contributed by atoms with Crippen molar-refractivity contribution >= 4 is 8.80 Å². The molecule has 1 saturated carbocycles. The van der Waals surface area contributed by atoms with E-state index in [1.54, 1.807) is 0 Å². The molecule has 0 amide bonds. The van der Waals surface area contributed by atoms with Gasteiger partial charge in [0.15, 0.2) is 6.29 Å². The normalized spacial score (nSPS) is 35.7. The Kier molecular flexibility index (Phi) is 4.79. The number of rotatable bonds is 9. The molecule has 0 aromatic carbocycles. The van der Waals surface area contributed by atoms with Gasteiger partial charge in [0.2, 0.25) is 0 Å². The molecule has 4 unspecified atom stereocenters. The Balaban J connectivity index is 1.52. The van der Waals surface area contributed by atoms with Gasteiger partial charge in [-0.15, -0.1) is 0 Å². The molecule has 3 aliphatic rings. The van der Waals surface area contributed by atoms with Crippen LogP contribution in [-0.2, 0) is 22.8 Å². The van der Waals surface area contributed by atoms with Crippen molar-refractivity contribution in [1.29, 1.82) is 0 Å². The zero-order valence-corrected chi connectivity index (χ0v) is 13.5. The Morgan fingerprint density at radius 3 is 2.45 bits per heavy atom. The van der Waals surface area contributed by atoms with Crippen LogP contribution >= 0.6 is 0 Å². The van der Waals surface area contributed by atoms with Crippen LogP contribution in [0.15, 0.2) is 0 Å². The van der Waals surface area contributed by atoms with Gasteiger partial charge in [-0.3, -0.25) is 0 Å². The summed E-state index contributed by atoms with van der Waals surface area (Å²) < 4.78 is 28.7. The third-order valence-electron chi connectivity index (χ3n) is 4.31. The minimum Gasteiger partial charge on any atom is -0.374 e. The standard InChI is InChI=1S/C14H26O5Si/c1-3-16-20(17-4-2,19-14-10-15-14)8-7-11-5-6-12-13(9-11)18-12/h11-14H,3-10H2,1-2H3. The van der Waals surface area contributed by atoms with Crippen molar-refractivity contribution in [2.45, 2.75) is 64.1 Å². The van der Waals surface area contributed by atoms with E-state index in [1.807, 2.05) is 13.8 Å². The van der Waals surface area contributed by atoms with Crippen molar-refractivity contribution in [1.82, 2.24) is 0 Å². The van der Waals surface area contributed by atoms with Crippen LogP contribution in [0, 0.1) is 5.92 Å². The van der Waals surface area contributed by atoms with Crippen molar-refractivity contribution in [2.75, 3.05) is 19.8 Å². The summed E-state index contributed by atoms with van der Waals surface area (Å²) in [5, 5.41) is 0. The minimum atomic E-state index is -2.55. The van der Waals surface area contributed by atoms with E-state index >= 15 is 0 Å². The van der Waals surface area contributed by atoms with E-state index in [2.05, 4.69) is 0 Å². The largest absolute Gasteiger partial charge is 0.502 e. The summed E-state index contributed by atoms with van der Waals surface area (Å²) in [5.41, 5.74) is 0. The molecule has 2 heterocycles. The summed E-state index contributed by atoms with van der Waals surface area (Å²) in [6.45, 7) is 5.95. The molecule has 116 valence electrons. The highest BCUT2D eigenvalue weighted by Gasteiger charge is 2.48. The van der Waals surface area contributed by atoms with Crippen LogP contribution in [0.25, 0.3) is 0 Å². The predicted octanol–water partition coefficient (Wildman–Crippen LogP) is 2.33. The van der Waals surface area contributed by atoms with E-state index in [9.17, 15) is 0 Å². The lowest BCUT2D eigenvalue weighted by molar-refractivity contribution is 0.0297. The lowest BCUT2D eigenvalue weighted by atomic mass is 9.88. The molecular weight excluding hydrogens is 276 g/mol. The van der Waals surface area contributed by atoms with Crippen LogP contribution in [-0.4, -0.2) is 47.1 Å². The Bertz CT molecular complexity index is 317. The van der Waals surface area contributed by atoms with Crippen LogP contribution in [0.2, 0.25) is 6.04 Å². The average Bonchev–Trinajstić information content (AvgIpc) is 3.32. The van der Waals surface area contributed by atoms with Crippen LogP contribution < -0.4 is 0 Å². The zero-order chi connectivity index (χ0) is 14.0. The van der Waals surface area contributed by atoms with E-state index in [0.29, 0.717) is 32.0 Å². The maximum Gasteiger partial charge on any atom is 0.502 e. The number of hydrogen-bond donors (Lipinski definition) is 0. The third kappa shape index (κ3) is 3.81. The van der Waals surface area contributed by atoms with Gasteiger partial charge in [0.1, 0.15) is 6.61 Å². The Hall–Kier alpha value is 0.0169. The molecule has 0 radical (unpaired) electrons. The maximum atomic E-state index is 6.00. The first-order valence-electron chi connectivity index (χ1n) is 7.97. The van der Waals surface area contributed by atoms with Gasteiger partial charge in [-0.05, 0) is 45.4 Å². The molecule has 3 rings (SSSR count). The van der Waals surface area contributed by atoms with Crippen LogP contribution in [0.4, 0.5) is 0 Å². The molecule has 0 bridgehead atoms. The summed E-state index contributed by atoms with van der Waals surface area (Å²) in [5.74, 6) is 0.732. The van der Waals surface area contributed by atoms with Crippen LogP contribution in [0.3, 0.4) is 0 Å². The molecule has 1 aliphatic carbocycles. The third-order valence-corrected chi connectivity index (χ3v) is 7.29. The van der Waals surface area contributed by atoms with Crippen molar-refractivity contribution in [3.05, 3.63) is 0 Å². The molecule has 4 atom stereocenters. The fraction of sp³-hybridized carbons (Fsp3) is 1.00. The molecule has 0 aromatic heterocycles. The number of fused-ring (bicyclic) bond motifs is 1. The Labute approximate surface area is 122 Å². The fourth-order valence-corrected chi connectivity index (χ4v) is 5.99. The smallest absolute Gasteiger partial charge is 0.374 e. The first kappa shape index (κ1) is 14.9. The van der Waals surface area contributed by atoms with Gasteiger partial charge < -0.3 is 22.8 Å². The van der Waals surface area contributed by atoms with Gasteiger partial charge in [-0.2, -0.15) is 0 Å². The van der Waals surface area contributed by atoms with Gasteiger partial charge in [-0.25, -0.2) is 0 Å². The van der Waals surface area contributed by atoms with E-state index in [4.69, 9.17) is 22.8 Å². The molecule has 0 aromatic rings. The van der Waals surface area contributed by atoms with Crippen molar-refractivity contribution in [3.63, 3.8) is 0 Å². The second-order valence-electron chi connectivity index (χ2n) is 5.86. The summed E-state index contributed by atoms with van der Waals surface area (Å²) >= 11 is 0. The quantitative estimate of drug-likeness (QED) is 0.483. The molecule has 0 N–H and O–H groups in total. The molecule has 3 fully saturated rings. The molecule has 6 heteroatoms. The summed E-state index contributed by atoms with van der Waals surface area (Å²) in [6.07, 6.45) is 5.82. The van der Waals surface area contributed by atoms with Gasteiger partial charge in [0.25, 0.3) is 0 Å². The second kappa shape index (κ2) is 6.42. The number of epoxide rings is 2. The van der Waals surface area contributed by atoms with E-state index < -0.39 is 8.80 Å². The first-order valence-corrected chi connectivity index (χ1v) is 9.90. The lowest BCUT2D eigenvalue weighted by Crippen LogP contribution is -2.47. The topological polar surface area (TPSA) is 52.8 Å². The molecule has 5 nitrogen and oxygen atoms in total. The monoisotopic (exact) mass is 302 g/mol. The maximum absolute atomic E-state index is 6.00. The first-order chi connectivity index (χ1) is 9.74. The average molecular weight is 302 g/mol. The molecule has 2 saturated heterocycles. The highest BCUT2D eigenvalue weighted by molar-refractivity contribution is 6.60. The second-order valence-corrected chi connectivity index (χ2v) is 8.54. The summed E-state index contributed by atoms with van der Waals surface area (Å²) in [4.78, 5) is 0. The zero-order valence-electron chi connectivity index (χ0n) is 12.5. The van der Waals surface area contributed by atoms with E-state index in [-0.39, 0.29) is 6.29 Å². The van der Waals surface area contributed by atoms with Gasteiger partial charge in [-0.1, -0.05) is 0 Å². The molecule has 20 heavy (non-hydrogen) atoms.